The Hall–Kier alpha value is -2.48. The third-order valence-electron chi connectivity index (χ3n) is 4.02. The number of nitrogens with one attached hydrogen (secondary N) is 1. The van der Waals surface area contributed by atoms with E-state index in [4.69, 9.17) is 0 Å². The molecule has 8 heteroatoms. The fourth-order valence-electron chi connectivity index (χ4n) is 2.44. The van der Waals surface area contributed by atoms with E-state index in [9.17, 15) is 26.7 Å². The lowest BCUT2D eigenvalue weighted by atomic mass is 10.1. The van der Waals surface area contributed by atoms with Gasteiger partial charge in [-0.05, 0) is 38.1 Å². The number of anilines is 1. The lowest BCUT2D eigenvalue weighted by Gasteiger charge is -2.18. The molecule has 2 rings (SSSR count). The number of rotatable bonds is 5. The molecule has 0 unspecified atom stereocenters. The minimum atomic E-state index is -2.21. The van der Waals surface area contributed by atoms with Gasteiger partial charge in [-0.1, -0.05) is 12.1 Å². The van der Waals surface area contributed by atoms with Gasteiger partial charge in [-0.3, -0.25) is 9.69 Å². The van der Waals surface area contributed by atoms with Crippen LogP contribution in [0.4, 0.5) is 27.6 Å². The van der Waals surface area contributed by atoms with Gasteiger partial charge in [0, 0.05) is 17.8 Å². The fourth-order valence-corrected chi connectivity index (χ4v) is 2.44. The zero-order chi connectivity index (χ0) is 19.6. The molecule has 0 aromatic heterocycles. The maximum absolute atomic E-state index is 13.7. The van der Waals surface area contributed by atoms with Crippen molar-refractivity contribution in [1.82, 2.24) is 4.90 Å². The van der Waals surface area contributed by atoms with Crippen molar-refractivity contribution in [1.29, 1.82) is 0 Å². The van der Waals surface area contributed by atoms with Gasteiger partial charge < -0.3 is 5.32 Å². The molecular formula is C18H17F5N2O. The summed E-state index contributed by atoms with van der Waals surface area (Å²) in [6, 6.07) is 5.33. The van der Waals surface area contributed by atoms with Crippen molar-refractivity contribution in [3.63, 3.8) is 0 Å². The summed E-state index contributed by atoms with van der Waals surface area (Å²) in [4.78, 5) is 13.2. The average molecular weight is 372 g/mol. The molecule has 0 spiro atoms. The van der Waals surface area contributed by atoms with Gasteiger partial charge in [0.05, 0.1) is 6.54 Å². The van der Waals surface area contributed by atoms with E-state index >= 15 is 0 Å². The second kappa shape index (κ2) is 7.82. The SMILES string of the molecule is Cc1cccc(NC(=O)CN(C)Cc2c(F)c(F)c(F)c(F)c2F)c1C. The van der Waals surface area contributed by atoms with Gasteiger partial charge in [-0.15, -0.1) is 0 Å². The van der Waals surface area contributed by atoms with Crippen molar-refractivity contribution in [2.24, 2.45) is 0 Å². The van der Waals surface area contributed by atoms with Crippen LogP contribution >= 0.6 is 0 Å². The molecule has 0 aliphatic heterocycles. The molecule has 0 heterocycles. The first-order valence-electron chi connectivity index (χ1n) is 7.68. The number of nitrogens with zero attached hydrogens (tertiary/aromatic N) is 1. The van der Waals surface area contributed by atoms with Gasteiger partial charge >= 0.3 is 0 Å². The lowest BCUT2D eigenvalue weighted by Crippen LogP contribution is -2.31. The molecule has 0 aliphatic rings. The summed E-state index contributed by atoms with van der Waals surface area (Å²) >= 11 is 0. The average Bonchev–Trinajstić information content (AvgIpc) is 2.59. The van der Waals surface area contributed by atoms with Gasteiger partial charge in [-0.25, -0.2) is 22.0 Å². The molecule has 0 saturated carbocycles. The number of hydrogen-bond donors (Lipinski definition) is 1. The maximum atomic E-state index is 13.7. The highest BCUT2D eigenvalue weighted by molar-refractivity contribution is 5.93. The number of hydrogen-bond acceptors (Lipinski definition) is 2. The fraction of sp³-hybridized carbons (Fsp3) is 0.278. The van der Waals surface area contributed by atoms with Gasteiger partial charge in [0.2, 0.25) is 11.7 Å². The number of halogens is 5. The van der Waals surface area contributed by atoms with Crippen molar-refractivity contribution in [3.8, 4) is 0 Å². The van der Waals surface area contributed by atoms with E-state index in [-0.39, 0.29) is 6.54 Å². The second-order valence-electron chi connectivity index (χ2n) is 6.02. The minimum absolute atomic E-state index is 0.299. The van der Waals surface area contributed by atoms with Crippen molar-refractivity contribution in [2.45, 2.75) is 20.4 Å². The molecule has 1 N–H and O–H groups in total. The topological polar surface area (TPSA) is 32.3 Å². The number of aryl methyl sites for hydroxylation is 1. The van der Waals surface area contributed by atoms with Crippen LogP contribution in [0.5, 0.6) is 0 Å². The molecule has 140 valence electrons. The van der Waals surface area contributed by atoms with E-state index in [1.165, 1.54) is 7.05 Å². The molecule has 0 atom stereocenters. The van der Waals surface area contributed by atoms with Crippen LogP contribution in [0.2, 0.25) is 0 Å². The third kappa shape index (κ3) is 4.01. The van der Waals surface area contributed by atoms with Gasteiger partial charge in [0.1, 0.15) is 0 Å². The summed E-state index contributed by atoms with van der Waals surface area (Å²) in [7, 11) is 1.33. The Labute approximate surface area is 147 Å². The minimum Gasteiger partial charge on any atom is -0.325 e. The Balaban J connectivity index is 2.11. The van der Waals surface area contributed by atoms with Gasteiger partial charge in [0.15, 0.2) is 23.3 Å². The van der Waals surface area contributed by atoms with Crippen LogP contribution in [0.25, 0.3) is 0 Å². The highest BCUT2D eigenvalue weighted by atomic mass is 19.2. The molecule has 2 aromatic rings. The molecule has 2 aromatic carbocycles. The third-order valence-corrected chi connectivity index (χ3v) is 4.02. The monoisotopic (exact) mass is 372 g/mol. The molecule has 0 fully saturated rings. The zero-order valence-electron chi connectivity index (χ0n) is 14.4. The first-order chi connectivity index (χ1) is 12.1. The van der Waals surface area contributed by atoms with Crippen molar-refractivity contribution < 1.29 is 26.7 Å². The molecule has 3 nitrogen and oxygen atoms in total. The summed E-state index contributed by atoms with van der Waals surface area (Å²) in [5.41, 5.74) is 1.43. The highest BCUT2D eigenvalue weighted by Gasteiger charge is 2.26. The van der Waals surface area contributed by atoms with E-state index in [1.807, 2.05) is 19.9 Å². The quantitative estimate of drug-likeness (QED) is 0.488. The Kier molecular flexibility index (Phi) is 5.97. The van der Waals surface area contributed by atoms with E-state index in [2.05, 4.69) is 5.32 Å². The van der Waals surface area contributed by atoms with Crippen LogP contribution in [0.3, 0.4) is 0 Å². The van der Waals surface area contributed by atoms with Crippen LogP contribution in [0.1, 0.15) is 16.7 Å². The van der Waals surface area contributed by atoms with E-state index in [0.29, 0.717) is 5.69 Å². The normalized spacial score (nSPS) is 11.1. The highest BCUT2D eigenvalue weighted by Crippen LogP contribution is 2.24. The van der Waals surface area contributed by atoms with Crippen LogP contribution in [0, 0.1) is 42.9 Å². The Morgan fingerprint density at radius 2 is 1.50 bits per heavy atom. The van der Waals surface area contributed by atoms with E-state index in [0.717, 1.165) is 16.0 Å². The predicted molar refractivity (Wildman–Crippen MR) is 87.1 cm³/mol. The smallest absolute Gasteiger partial charge is 0.238 e. The molecule has 26 heavy (non-hydrogen) atoms. The molecule has 0 bridgehead atoms. The molecule has 0 aliphatic carbocycles. The second-order valence-corrected chi connectivity index (χ2v) is 6.02. The van der Waals surface area contributed by atoms with Crippen molar-refractivity contribution in [2.75, 3.05) is 18.9 Å². The van der Waals surface area contributed by atoms with Crippen LogP contribution < -0.4 is 5.32 Å². The Morgan fingerprint density at radius 1 is 0.962 bits per heavy atom. The summed E-state index contributed by atoms with van der Waals surface area (Å²) in [5, 5.41) is 2.65. The predicted octanol–water partition coefficient (Wildman–Crippen LogP) is 4.07. The van der Waals surface area contributed by atoms with Gasteiger partial charge in [0.25, 0.3) is 0 Å². The standard InChI is InChI=1S/C18H17F5N2O/c1-9-5-4-6-12(10(9)2)24-13(26)8-25(3)7-11-14(19)16(21)18(23)17(22)15(11)20/h4-6H,7-8H2,1-3H3,(H,24,26). The molecule has 0 radical (unpaired) electrons. The first kappa shape index (κ1) is 19.8. The van der Waals surface area contributed by atoms with Crippen LogP contribution in [0.15, 0.2) is 18.2 Å². The number of carbonyl (C=O) groups excluding carboxylic acids is 1. The van der Waals surface area contributed by atoms with Gasteiger partial charge in [-0.2, -0.15) is 0 Å². The Morgan fingerprint density at radius 3 is 2.08 bits per heavy atom. The molecule has 0 saturated heterocycles. The number of benzene rings is 2. The van der Waals surface area contributed by atoms with E-state index in [1.54, 1.807) is 12.1 Å². The molecular weight excluding hydrogens is 355 g/mol. The summed E-state index contributed by atoms with van der Waals surface area (Å²) in [6.07, 6.45) is 0. The summed E-state index contributed by atoms with van der Waals surface area (Å²) < 4.78 is 66.9. The van der Waals surface area contributed by atoms with Crippen molar-refractivity contribution >= 4 is 11.6 Å². The lowest BCUT2D eigenvalue weighted by molar-refractivity contribution is -0.117. The first-order valence-corrected chi connectivity index (χ1v) is 7.68. The number of amides is 1. The van der Waals surface area contributed by atoms with E-state index < -0.39 is 47.1 Å². The number of likely N-dealkylation sites (N-methyl/N-ethyl adjacent to an activating group) is 1. The molecule has 1 amide bonds. The maximum Gasteiger partial charge on any atom is 0.238 e. The largest absolute Gasteiger partial charge is 0.325 e. The Bertz CT molecular complexity index is 825. The summed E-state index contributed by atoms with van der Waals surface area (Å²) in [6.45, 7) is 2.78. The zero-order valence-corrected chi connectivity index (χ0v) is 14.4. The van der Waals surface area contributed by atoms with Crippen LogP contribution in [-0.2, 0) is 11.3 Å². The summed E-state index contributed by atoms with van der Waals surface area (Å²) in [5.74, 6) is -10.5. The van der Waals surface area contributed by atoms with Crippen molar-refractivity contribution in [3.05, 3.63) is 64.0 Å². The van der Waals surface area contributed by atoms with Crippen LogP contribution in [-0.4, -0.2) is 24.4 Å². The number of carbonyl (C=O) groups is 1.